The number of hydrogen-bond donors (Lipinski definition) is 21. The maximum Gasteiger partial charge on any atom is 0.189 e. The van der Waals surface area contributed by atoms with Crippen LogP contribution in [0.25, 0.3) is 0 Å². The minimum absolute atomic E-state index is 0.0744. The third-order valence-electron chi connectivity index (χ3n) is 12.3. The molecule has 0 radical (unpaired) electrons. The molecule has 4 saturated heterocycles. The van der Waals surface area contributed by atoms with Gasteiger partial charge < -0.3 is 145 Å². The SMILES string of the molecule is CC(O)C(NC1C=C(CO)C(O)C(O)C1O)C(O)C(O)COC1C(CO)OC(OC2C(CO)OC(OC3C(CO)OC(OC4OC(CO)C(O)C(O)C4O)C(O)C3O)C(O)C2O)C(O)C1O. The summed E-state index contributed by atoms with van der Waals surface area (Å²) in [6.07, 6.45) is -46.4. The van der Waals surface area contributed by atoms with Crippen LogP contribution in [0.15, 0.2) is 11.6 Å². The Kier molecular flexibility index (Phi) is 20.3. The first-order valence-corrected chi connectivity index (χ1v) is 21.1. The van der Waals surface area contributed by atoms with Gasteiger partial charge in [-0.05, 0) is 12.5 Å². The number of hydrogen-bond acceptors (Lipinski definition) is 29. The van der Waals surface area contributed by atoms with Crippen molar-refractivity contribution in [1.82, 2.24) is 5.32 Å². The molecule has 4 fully saturated rings. The third-order valence-corrected chi connectivity index (χ3v) is 12.3. The first-order valence-electron chi connectivity index (χ1n) is 21.1. The molecule has 5 rings (SSSR count). The maximum absolute atomic E-state index is 11.2. The lowest BCUT2D eigenvalue weighted by molar-refractivity contribution is -0.397. The van der Waals surface area contributed by atoms with E-state index in [9.17, 15) is 102 Å². The Morgan fingerprint density at radius 3 is 1.35 bits per heavy atom. The van der Waals surface area contributed by atoms with E-state index in [-0.39, 0.29) is 5.57 Å². The van der Waals surface area contributed by atoms with Crippen LogP contribution in [-0.4, -0.2) is 313 Å². The molecule has 28 atom stereocenters. The van der Waals surface area contributed by atoms with Gasteiger partial charge in [-0.25, -0.2) is 0 Å². The van der Waals surface area contributed by atoms with Crippen LogP contribution in [0.4, 0.5) is 0 Å². The summed E-state index contributed by atoms with van der Waals surface area (Å²) in [5.41, 5.74) is -0.0744. The molecule has 5 aliphatic rings. The van der Waals surface area contributed by atoms with Crippen LogP contribution in [0.1, 0.15) is 6.92 Å². The molecule has 1 aliphatic carbocycles. The molecular formula is C37H65NO28. The van der Waals surface area contributed by atoms with Crippen LogP contribution in [-0.2, 0) is 37.9 Å². The van der Waals surface area contributed by atoms with Crippen molar-refractivity contribution in [3.05, 3.63) is 11.6 Å². The van der Waals surface area contributed by atoms with Crippen LogP contribution in [0.2, 0.25) is 0 Å². The highest BCUT2D eigenvalue weighted by Gasteiger charge is 2.55. The molecule has 4 aliphatic heterocycles. The highest BCUT2D eigenvalue weighted by Crippen LogP contribution is 2.34. The Morgan fingerprint density at radius 1 is 0.500 bits per heavy atom. The van der Waals surface area contributed by atoms with Gasteiger partial charge in [0.15, 0.2) is 25.2 Å². The Bertz CT molecular complexity index is 1500. The lowest BCUT2D eigenvalue weighted by atomic mass is 9.87. The maximum atomic E-state index is 11.2. The first kappa shape index (κ1) is 55.5. The van der Waals surface area contributed by atoms with Gasteiger partial charge in [0, 0.05) is 0 Å². The van der Waals surface area contributed by atoms with Crippen LogP contribution in [0.3, 0.4) is 0 Å². The molecule has 4 heterocycles. The summed E-state index contributed by atoms with van der Waals surface area (Å²) in [6, 6.07) is -2.71. The second kappa shape index (κ2) is 24.1. The van der Waals surface area contributed by atoms with Crippen molar-refractivity contribution in [3.63, 3.8) is 0 Å². The van der Waals surface area contributed by atoms with Crippen molar-refractivity contribution in [2.75, 3.05) is 39.6 Å². The molecule has 28 unspecified atom stereocenters. The van der Waals surface area contributed by atoms with E-state index >= 15 is 0 Å². The second-order valence-electron chi connectivity index (χ2n) is 16.8. The Balaban J connectivity index is 1.18. The summed E-state index contributed by atoms with van der Waals surface area (Å²) in [5, 5.41) is 212. The summed E-state index contributed by atoms with van der Waals surface area (Å²) < 4.78 is 44.1. The second-order valence-corrected chi connectivity index (χ2v) is 16.8. The molecular weight excluding hydrogens is 906 g/mol. The zero-order chi connectivity index (χ0) is 49.1. The summed E-state index contributed by atoms with van der Waals surface area (Å²) in [7, 11) is 0. The predicted octanol–water partition coefficient (Wildman–Crippen LogP) is -13.3. The topological polar surface area (TPSA) is 490 Å². The predicted molar refractivity (Wildman–Crippen MR) is 205 cm³/mol. The Labute approximate surface area is 375 Å². The van der Waals surface area contributed by atoms with E-state index < -0.39 is 211 Å². The van der Waals surface area contributed by atoms with Gasteiger partial charge >= 0.3 is 0 Å². The molecule has 29 nitrogen and oxygen atoms in total. The zero-order valence-electron chi connectivity index (χ0n) is 35.2. The molecule has 0 aromatic heterocycles. The molecule has 0 saturated carbocycles. The smallest absolute Gasteiger partial charge is 0.189 e. The number of ether oxygens (including phenoxy) is 8. The lowest BCUT2D eigenvalue weighted by Crippen LogP contribution is -2.67. The number of aliphatic hydroxyl groups is 20. The van der Waals surface area contributed by atoms with Crippen molar-refractivity contribution in [1.29, 1.82) is 0 Å². The minimum Gasteiger partial charge on any atom is -0.394 e. The summed E-state index contributed by atoms with van der Waals surface area (Å²) >= 11 is 0. The van der Waals surface area contributed by atoms with Crippen LogP contribution >= 0.6 is 0 Å². The molecule has 0 spiro atoms. The molecule has 66 heavy (non-hydrogen) atoms. The van der Waals surface area contributed by atoms with Gasteiger partial charge in [-0.2, -0.15) is 0 Å². The van der Waals surface area contributed by atoms with Gasteiger partial charge in [0.1, 0.15) is 122 Å². The quantitative estimate of drug-likeness (QED) is 0.0534. The van der Waals surface area contributed by atoms with Gasteiger partial charge in [0.2, 0.25) is 0 Å². The van der Waals surface area contributed by atoms with E-state index in [0.29, 0.717) is 0 Å². The number of rotatable bonds is 19. The van der Waals surface area contributed by atoms with Gasteiger partial charge in [0.25, 0.3) is 0 Å². The fourth-order valence-corrected chi connectivity index (χ4v) is 8.29. The molecule has 386 valence electrons. The van der Waals surface area contributed by atoms with Crippen LogP contribution < -0.4 is 5.32 Å². The van der Waals surface area contributed by atoms with Crippen molar-refractivity contribution in [3.8, 4) is 0 Å². The molecule has 0 bridgehead atoms. The first-order chi connectivity index (χ1) is 31.1. The monoisotopic (exact) mass is 971 g/mol. The van der Waals surface area contributed by atoms with E-state index in [2.05, 4.69) is 5.32 Å². The van der Waals surface area contributed by atoms with Crippen molar-refractivity contribution in [2.24, 2.45) is 0 Å². The van der Waals surface area contributed by atoms with E-state index in [1.807, 2.05) is 0 Å². The fraction of sp³-hybridized carbons (Fsp3) is 0.946. The lowest BCUT2D eigenvalue weighted by Gasteiger charge is -2.49. The number of aliphatic hydroxyl groups excluding tert-OH is 20. The Morgan fingerprint density at radius 2 is 0.909 bits per heavy atom. The molecule has 0 amide bonds. The van der Waals surface area contributed by atoms with Crippen molar-refractivity contribution < 1.29 is 140 Å². The normalized spacial score (nSPS) is 47.7. The average molecular weight is 972 g/mol. The number of nitrogens with one attached hydrogen (secondary N) is 1. The Hall–Kier alpha value is -1.42. The van der Waals surface area contributed by atoms with E-state index in [4.69, 9.17) is 37.9 Å². The molecule has 0 aromatic rings. The average Bonchev–Trinajstić information content (AvgIpc) is 3.30. The van der Waals surface area contributed by atoms with Crippen molar-refractivity contribution in [2.45, 2.75) is 178 Å². The van der Waals surface area contributed by atoms with E-state index in [1.165, 1.54) is 13.0 Å². The molecule has 21 N–H and O–H groups in total. The largest absolute Gasteiger partial charge is 0.394 e. The van der Waals surface area contributed by atoms with Crippen LogP contribution in [0, 0.1) is 0 Å². The van der Waals surface area contributed by atoms with Crippen molar-refractivity contribution >= 4 is 0 Å². The van der Waals surface area contributed by atoms with Gasteiger partial charge in [0.05, 0.1) is 63.9 Å². The van der Waals surface area contributed by atoms with E-state index in [1.54, 1.807) is 0 Å². The van der Waals surface area contributed by atoms with Gasteiger partial charge in [-0.3, -0.25) is 0 Å². The summed E-state index contributed by atoms with van der Waals surface area (Å²) in [5.74, 6) is 0. The zero-order valence-corrected chi connectivity index (χ0v) is 35.2. The minimum atomic E-state index is -2.14. The summed E-state index contributed by atoms with van der Waals surface area (Å²) in [4.78, 5) is 0. The molecule has 29 heteroatoms. The van der Waals surface area contributed by atoms with Gasteiger partial charge in [-0.1, -0.05) is 6.08 Å². The van der Waals surface area contributed by atoms with Crippen LogP contribution in [0.5, 0.6) is 0 Å². The summed E-state index contributed by atoms with van der Waals surface area (Å²) in [6.45, 7) is -4.07. The standard InChI is InChI=1S/C37H65NO28/c1-9(44)17(38-11-2-10(3-39)18(46)22(50)19(11)47)20(48)12(45)8-59-31-14(5-41)61-34(28(56)24(31)52)64-32-15(6-42)62-35(29(57)25(32)53)65-33-16(7-43)63-37(30(58)26(33)54)66-36-27(55)23(51)21(49)13(4-40)60-36/h2,9,11-58H,3-8H2,1H3. The highest BCUT2D eigenvalue weighted by atomic mass is 16.8. The highest BCUT2D eigenvalue weighted by molar-refractivity contribution is 5.22. The fourth-order valence-electron chi connectivity index (χ4n) is 8.29. The third kappa shape index (κ3) is 11.8. The van der Waals surface area contributed by atoms with Gasteiger partial charge in [-0.15, -0.1) is 0 Å². The van der Waals surface area contributed by atoms with E-state index in [0.717, 1.165) is 0 Å². The molecule has 0 aromatic carbocycles.